The maximum absolute atomic E-state index is 13.1. The average molecular weight is 465 g/mol. The molecule has 2 unspecified atom stereocenters. The third-order valence-corrected chi connectivity index (χ3v) is 5.62. The third kappa shape index (κ3) is 5.02. The molecule has 11 heteroatoms. The number of halogens is 1. The SMILES string of the molecule is COC(=O)c1csc(NC(=O)C(CC(C)C)N2C(=O)NC(c3ccc(Cl)cc3)C2=O)n1. The van der Waals surface area contributed by atoms with Crippen LogP contribution in [-0.4, -0.2) is 46.9 Å². The third-order valence-electron chi connectivity index (χ3n) is 4.61. The lowest BCUT2D eigenvalue weighted by atomic mass is 10.0. The van der Waals surface area contributed by atoms with E-state index < -0.39 is 35.9 Å². The Morgan fingerprint density at radius 2 is 1.97 bits per heavy atom. The highest BCUT2D eigenvalue weighted by atomic mass is 35.5. The van der Waals surface area contributed by atoms with Crippen molar-refractivity contribution in [1.29, 1.82) is 0 Å². The predicted octanol–water partition coefficient (Wildman–Crippen LogP) is 3.23. The van der Waals surface area contributed by atoms with Gasteiger partial charge in [0.05, 0.1) is 7.11 Å². The molecule has 4 amide bonds. The molecule has 2 atom stereocenters. The van der Waals surface area contributed by atoms with Crippen LogP contribution in [-0.2, 0) is 14.3 Å². The molecule has 1 fully saturated rings. The summed E-state index contributed by atoms with van der Waals surface area (Å²) in [5.41, 5.74) is 0.623. The number of benzene rings is 1. The molecule has 2 heterocycles. The summed E-state index contributed by atoms with van der Waals surface area (Å²) in [6.45, 7) is 3.77. The summed E-state index contributed by atoms with van der Waals surface area (Å²) >= 11 is 6.94. The monoisotopic (exact) mass is 464 g/mol. The van der Waals surface area contributed by atoms with Crippen LogP contribution in [0.2, 0.25) is 5.02 Å². The second-order valence-corrected chi connectivity index (χ2v) is 8.60. The molecular weight excluding hydrogens is 444 g/mol. The zero-order valence-corrected chi connectivity index (χ0v) is 18.6. The number of thiazole rings is 1. The largest absolute Gasteiger partial charge is 0.464 e. The van der Waals surface area contributed by atoms with Gasteiger partial charge >= 0.3 is 12.0 Å². The highest BCUT2D eigenvalue weighted by Crippen LogP contribution is 2.27. The van der Waals surface area contributed by atoms with Crippen molar-refractivity contribution in [3.05, 3.63) is 45.9 Å². The molecule has 1 aromatic heterocycles. The number of esters is 1. The highest BCUT2D eigenvalue weighted by Gasteiger charge is 2.45. The minimum Gasteiger partial charge on any atom is -0.464 e. The number of urea groups is 1. The molecule has 0 spiro atoms. The summed E-state index contributed by atoms with van der Waals surface area (Å²) in [6.07, 6.45) is 0.258. The fraction of sp³-hybridized carbons (Fsp3) is 0.350. The Morgan fingerprint density at radius 1 is 1.29 bits per heavy atom. The number of nitrogens with zero attached hydrogens (tertiary/aromatic N) is 2. The van der Waals surface area contributed by atoms with Crippen LogP contribution in [0.1, 0.15) is 42.4 Å². The number of hydrogen-bond acceptors (Lipinski definition) is 7. The Labute approximate surface area is 187 Å². The maximum Gasteiger partial charge on any atom is 0.357 e. The number of carbonyl (C=O) groups is 4. The first-order chi connectivity index (χ1) is 14.7. The quantitative estimate of drug-likeness (QED) is 0.479. The van der Waals surface area contributed by atoms with Gasteiger partial charge in [0.1, 0.15) is 12.1 Å². The zero-order valence-electron chi connectivity index (χ0n) is 17.0. The number of nitrogens with one attached hydrogen (secondary N) is 2. The van der Waals surface area contributed by atoms with Crippen LogP contribution in [0.25, 0.3) is 0 Å². The second-order valence-electron chi connectivity index (χ2n) is 7.31. The minimum atomic E-state index is -1.05. The van der Waals surface area contributed by atoms with E-state index in [4.69, 9.17) is 11.6 Å². The lowest BCUT2D eigenvalue weighted by molar-refractivity contribution is -0.134. The van der Waals surface area contributed by atoms with E-state index in [9.17, 15) is 19.2 Å². The van der Waals surface area contributed by atoms with Gasteiger partial charge in [-0.25, -0.2) is 19.5 Å². The Morgan fingerprint density at radius 3 is 2.58 bits per heavy atom. The lowest BCUT2D eigenvalue weighted by Gasteiger charge is -2.25. The fourth-order valence-electron chi connectivity index (χ4n) is 3.16. The van der Waals surface area contributed by atoms with Crippen molar-refractivity contribution in [2.24, 2.45) is 5.92 Å². The van der Waals surface area contributed by atoms with Gasteiger partial charge in [-0.1, -0.05) is 37.6 Å². The van der Waals surface area contributed by atoms with Gasteiger partial charge in [-0.2, -0.15) is 0 Å². The van der Waals surface area contributed by atoms with E-state index in [-0.39, 0.29) is 23.2 Å². The van der Waals surface area contributed by atoms with Crippen LogP contribution in [0.15, 0.2) is 29.6 Å². The molecule has 9 nitrogen and oxygen atoms in total. The smallest absolute Gasteiger partial charge is 0.357 e. The summed E-state index contributed by atoms with van der Waals surface area (Å²) in [7, 11) is 1.23. The normalized spacial score (nSPS) is 16.9. The lowest BCUT2D eigenvalue weighted by Crippen LogP contribution is -2.48. The van der Waals surface area contributed by atoms with Gasteiger partial charge in [0.15, 0.2) is 10.8 Å². The van der Waals surface area contributed by atoms with Gasteiger partial charge in [-0.3, -0.25) is 9.59 Å². The Hall–Kier alpha value is -2.98. The van der Waals surface area contributed by atoms with E-state index in [1.165, 1.54) is 12.5 Å². The number of anilines is 1. The molecule has 2 aromatic rings. The topological polar surface area (TPSA) is 118 Å². The summed E-state index contributed by atoms with van der Waals surface area (Å²) in [4.78, 5) is 55.3. The number of rotatable bonds is 7. The molecule has 1 saturated heterocycles. The first-order valence-electron chi connectivity index (χ1n) is 9.45. The molecule has 0 radical (unpaired) electrons. The number of imide groups is 1. The van der Waals surface area contributed by atoms with E-state index in [2.05, 4.69) is 20.4 Å². The first-order valence-corrected chi connectivity index (χ1v) is 10.7. The number of amides is 4. The van der Waals surface area contributed by atoms with Gasteiger partial charge in [-0.15, -0.1) is 11.3 Å². The molecule has 0 saturated carbocycles. The van der Waals surface area contributed by atoms with Crippen molar-refractivity contribution < 1.29 is 23.9 Å². The maximum atomic E-state index is 13.1. The zero-order chi connectivity index (χ0) is 22.7. The number of methoxy groups -OCH3 is 1. The van der Waals surface area contributed by atoms with Crippen molar-refractivity contribution in [1.82, 2.24) is 15.2 Å². The number of carbonyl (C=O) groups excluding carboxylic acids is 4. The molecule has 3 rings (SSSR count). The highest BCUT2D eigenvalue weighted by molar-refractivity contribution is 7.14. The van der Waals surface area contributed by atoms with Gasteiger partial charge in [0, 0.05) is 10.4 Å². The predicted molar refractivity (Wildman–Crippen MR) is 115 cm³/mol. The van der Waals surface area contributed by atoms with E-state index >= 15 is 0 Å². The van der Waals surface area contributed by atoms with Crippen molar-refractivity contribution in [2.75, 3.05) is 12.4 Å². The van der Waals surface area contributed by atoms with Gasteiger partial charge in [0.2, 0.25) is 5.91 Å². The standard InChI is InChI=1S/C20H21ClN4O5S/c1-10(2)8-14(16(26)24-19-22-13(9-31-19)18(28)30-3)25-17(27)15(23-20(25)29)11-4-6-12(21)7-5-11/h4-7,9-10,14-15H,8H2,1-3H3,(H,23,29)(H,22,24,26). The van der Waals surface area contributed by atoms with Crippen LogP contribution in [0.3, 0.4) is 0 Å². The van der Waals surface area contributed by atoms with Gasteiger partial charge < -0.3 is 15.4 Å². The van der Waals surface area contributed by atoms with E-state index in [1.54, 1.807) is 24.3 Å². The molecule has 31 heavy (non-hydrogen) atoms. The Balaban J connectivity index is 1.82. The number of ether oxygens (including phenoxy) is 1. The van der Waals surface area contributed by atoms with Crippen molar-refractivity contribution in [3.63, 3.8) is 0 Å². The van der Waals surface area contributed by atoms with E-state index in [0.717, 1.165) is 16.2 Å². The molecule has 1 aromatic carbocycles. The Kier molecular flexibility index (Phi) is 6.91. The van der Waals surface area contributed by atoms with Crippen LogP contribution < -0.4 is 10.6 Å². The molecule has 1 aliphatic heterocycles. The molecule has 164 valence electrons. The van der Waals surface area contributed by atoms with Crippen molar-refractivity contribution >= 4 is 51.9 Å². The van der Waals surface area contributed by atoms with Crippen LogP contribution >= 0.6 is 22.9 Å². The minimum absolute atomic E-state index is 0.0212. The number of hydrogen-bond donors (Lipinski definition) is 2. The molecule has 2 N–H and O–H groups in total. The van der Waals surface area contributed by atoms with Crippen molar-refractivity contribution in [2.45, 2.75) is 32.4 Å². The van der Waals surface area contributed by atoms with E-state index in [0.29, 0.717) is 10.6 Å². The number of aromatic nitrogens is 1. The van der Waals surface area contributed by atoms with Gasteiger partial charge in [-0.05, 0) is 30.0 Å². The Bertz CT molecular complexity index is 1010. The van der Waals surface area contributed by atoms with Crippen molar-refractivity contribution in [3.8, 4) is 0 Å². The van der Waals surface area contributed by atoms with Crippen LogP contribution in [0.5, 0.6) is 0 Å². The van der Waals surface area contributed by atoms with Gasteiger partial charge in [0.25, 0.3) is 5.91 Å². The first kappa shape index (κ1) is 22.7. The molecule has 1 aliphatic rings. The molecular formula is C20H21ClN4O5S. The fourth-order valence-corrected chi connectivity index (χ4v) is 3.97. The average Bonchev–Trinajstić information content (AvgIpc) is 3.30. The van der Waals surface area contributed by atoms with Crippen LogP contribution in [0.4, 0.5) is 9.93 Å². The van der Waals surface area contributed by atoms with Crippen LogP contribution in [0, 0.1) is 5.92 Å². The molecule has 0 aliphatic carbocycles. The molecule has 0 bridgehead atoms. The summed E-state index contributed by atoms with van der Waals surface area (Å²) in [5, 5.41) is 7.34. The summed E-state index contributed by atoms with van der Waals surface area (Å²) in [6, 6.07) is 3.94. The second kappa shape index (κ2) is 9.44. The van der Waals surface area contributed by atoms with E-state index in [1.807, 2.05) is 13.8 Å². The summed E-state index contributed by atoms with van der Waals surface area (Å²) < 4.78 is 4.60. The summed E-state index contributed by atoms with van der Waals surface area (Å²) in [5.74, 6) is -1.70.